The predicted octanol–water partition coefficient (Wildman–Crippen LogP) is 4.06. The zero-order valence-corrected chi connectivity index (χ0v) is 18.1. The molecule has 1 aromatic carbocycles. The molecule has 1 aliphatic heterocycles. The second-order valence-corrected chi connectivity index (χ2v) is 9.60. The molecular formula is C21H21N3O4S2. The van der Waals surface area contributed by atoms with Crippen molar-refractivity contribution >= 4 is 29.0 Å². The molecule has 0 unspecified atom stereocenters. The van der Waals surface area contributed by atoms with Gasteiger partial charge in [-0.2, -0.15) is 0 Å². The van der Waals surface area contributed by atoms with Crippen LogP contribution in [0.2, 0.25) is 0 Å². The summed E-state index contributed by atoms with van der Waals surface area (Å²) in [6.45, 7) is 2.95. The molecule has 5 rings (SSSR count). The number of hydrogen-bond acceptors (Lipinski definition) is 8. The molecule has 1 aliphatic carbocycles. The van der Waals surface area contributed by atoms with Gasteiger partial charge in [-0.15, -0.1) is 21.5 Å². The summed E-state index contributed by atoms with van der Waals surface area (Å²) >= 11 is 2.98. The summed E-state index contributed by atoms with van der Waals surface area (Å²) in [6, 6.07) is 7.81. The third-order valence-electron chi connectivity index (χ3n) is 5.20. The Kier molecular flexibility index (Phi) is 5.39. The molecule has 1 amide bonds. The van der Waals surface area contributed by atoms with E-state index >= 15 is 0 Å². The molecule has 0 bridgehead atoms. The summed E-state index contributed by atoms with van der Waals surface area (Å²) in [5.41, 5.74) is 2.36. The van der Waals surface area contributed by atoms with E-state index < -0.39 is 0 Å². The lowest BCUT2D eigenvalue weighted by molar-refractivity contribution is -0.118. The average Bonchev–Trinajstić information content (AvgIpc) is 3.48. The van der Waals surface area contributed by atoms with Crippen LogP contribution in [0, 0.1) is 5.92 Å². The number of nitrogens with zero attached hydrogens (tertiary/aromatic N) is 2. The van der Waals surface area contributed by atoms with Crippen molar-refractivity contribution in [1.29, 1.82) is 0 Å². The molecule has 0 spiro atoms. The van der Waals surface area contributed by atoms with Crippen molar-refractivity contribution in [2.24, 2.45) is 5.92 Å². The van der Waals surface area contributed by atoms with E-state index in [2.05, 4.69) is 28.5 Å². The average molecular weight is 444 g/mol. The second kappa shape index (κ2) is 8.31. The highest BCUT2D eigenvalue weighted by molar-refractivity contribution is 7.99. The first-order chi connectivity index (χ1) is 14.6. The van der Waals surface area contributed by atoms with Gasteiger partial charge in [0.1, 0.15) is 0 Å². The van der Waals surface area contributed by atoms with Crippen LogP contribution in [-0.2, 0) is 24.2 Å². The number of benzene rings is 1. The quantitative estimate of drug-likeness (QED) is 0.575. The van der Waals surface area contributed by atoms with Gasteiger partial charge in [0, 0.05) is 11.4 Å². The van der Waals surface area contributed by atoms with Crippen LogP contribution < -0.4 is 14.8 Å². The Labute approximate surface area is 182 Å². The molecule has 30 heavy (non-hydrogen) atoms. The molecule has 0 saturated heterocycles. The van der Waals surface area contributed by atoms with E-state index in [1.807, 2.05) is 18.2 Å². The van der Waals surface area contributed by atoms with Gasteiger partial charge in [0.05, 0.1) is 10.6 Å². The van der Waals surface area contributed by atoms with E-state index in [1.54, 1.807) is 11.3 Å². The lowest BCUT2D eigenvalue weighted by atomic mass is 9.90. The Morgan fingerprint density at radius 2 is 2.17 bits per heavy atom. The highest BCUT2D eigenvalue weighted by atomic mass is 32.2. The Bertz CT molecular complexity index is 1080. The van der Waals surface area contributed by atoms with Crippen molar-refractivity contribution in [3.05, 3.63) is 40.3 Å². The Balaban J connectivity index is 1.14. The lowest BCUT2D eigenvalue weighted by Crippen LogP contribution is -2.24. The van der Waals surface area contributed by atoms with E-state index in [4.69, 9.17) is 13.9 Å². The molecule has 1 N–H and O–H groups in total. The number of carbonyl (C=O) groups excluding carboxylic acids is 1. The van der Waals surface area contributed by atoms with Gasteiger partial charge >= 0.3 is 0 Å². The molecule has 0 saturated carbocycles. The summed E-state index contributed by atoms with van der Waals surface area (Å²) in [5, 5.41) is 11.6. The Hall–Kier alpha value is -2.52. The number of aromatic nitrogens is 2. The molecule has 0 fully saturated rings. The van der Waals surface area contributed by atoms with Crippen LogP contribution in [0.3, 0.4) is 0 Å². The van der Waals surface area contributed by atoms with Gasteiger partial charge < -0.3 is 19.2 Å². The smallest absolute Gasteiger partial charge is 0.277 e. The van der Waals surface area contributed by atoms with E-state index in [-0.39, 0.29) is 18.5 Å². The predicted molar refractivity (Wildman–Crippen MR) is 114 cm³/mol. The highest BCUT2D eigenvalue weighted by Gasteiger charge is 2.21. The standard InChI is InChI=1S/C21H21N3O4S2/c1-12-2-5-17-14(6-12)8-18(30-17)20-23-24-21(28-20)29-10-19(25)22-9-13-3-4-15-16(7-13)27-11-26-15/h3-4,7-8,12H,2,5-6,9-11H2,1H3,(H,22,25)/t12-/m0/s1. The minimum Gasteiger partial charge on any atom is -0.454 e. The molecular weight excluding hydrogens is 422 g/mol. The number of ether oxygens (including phenoxy) is 2. The highest BCUT2D eigenvalue weighted by Crippen LogP contribution is 2.37. The first kappa shape index (κ1) is 19.4. The van der Waals surface area contributed by atoms with Crippen molar-refractivity contribution in [1.82, 2.24) is 15.5 Å². The SMILES string of the molecule is C[C@H]1CCc2sc(-c3nnc(SCC(=O)NCc4ccc5c(c4)OCO5)o3)cc2C1. The maximum absolute atomic E-state index is 12.2. The van der Waals surface area contributed by atoms with Gasteiger partial charge in [-0.1, -0.05) is 24.8 Å². The fourth-order valence-electron chi connectivity index (χ4n) is 3.61. The molecule has 3 heterocycles. The molecule has 2 aromatic heterocycles. The van der Waals surface area contributed by atoms with Gasteiger partial charge in [-0.05, 0) is 54.5 Å². The first-order valence-electron chi connectivity index (χ1n) is 9.87. The van der Waals surface area contributed by atoms with Crippen LogP contribution in [0.5, 0.6) is 11.5 Å². The van der Waals surface area contributed by atoms with E-state index in [9.17, 15) is 4.79 Å². The summed E-state index contributed by atoms with van der Waals surface area (Å²) in [4.78, 5) is 14.6. The lowest BCUT2D eigenvalue weighted by Gasteiger charge is -2.16. The van der Waals surface area contributed by atoms with Crippen molar-refractivity contribution in [2.75, 3.05) is 12.5 Å². The van der Waals surface area contributed by atoms with Gasteiger partial charge in [0.15, 0.2) is 11.5 Å². The molecule has 3 aromatic rings. The minimum absolute atomic E-state index is 0.0991. The third kappa shape index (κ3) is 4.17. The largest absolute Gasteiger partial charge is 0.454 e. The molecule has 1 atom stereocenters. The van der Waals surface area contributed by atoms with Gasteiger partial charge in [-0.3, -0.25) is 4.79 Å². The fraction of sp³-hybridized carbons (Fsp3) is 0.381. The van der Waals surface area contributed by atoms with E-state index in [0.717, 1.165) is 34.9 Å². The van der Waals surface area contributed by atoms with E-state index in [1.165, 1.54) is 28.6 Å². The van der Waals surface area contributed by atoms with Crippen LogP contribution in [-0.4, -0.2) is 28.7 Å². The van der Waals surface area contributed by atoms with Gasteiger partial charge in [0.25, 0.3) is 11.1 Å². The second-order valence-electron chi connectivity index (χ2n) is 7.53. The number of thiophene rings is 1. The van der Waals surface area contributed by atoms with Crippen molar-refractivity contribution < 1.29 is 18.7 Å². The first-order valence-corrected chi connectivity index (χ1v) is 11.7. The zero-order chi connectivity index (χ0) is 20.5. The Morgan fingerprint density at radius 3 is 3.10 bits per heavy atom. The molecule has 156 valence electrons. The van der Waals surface area contributed by atoms with Crippen LogP contribution >= 0.6 is 23.1 Å². The molecule has 9 heteroatoms. The van der Waals surface area contributed by atoms with E-state index in [0.29, 0.717) is 23.4 Å². The number of nitrogens with one attached hydrogen (secondary N) is 1. The van der Waals surface area contributed by atoms with Crippen molar-refractivity contribution in [2.45, 2.75) is 38.0 Å². The maximum atomic E-state index is 12.2. The van der Waals surface area contributed by atoms with Crippen LogP contribution in [0.4, 0.5) is 0 Å². The van der Waals surface area contributed by atoms with Gasteiger partial charge in [-0.25, -0.2) is 0 Å². The van der Waals surface area contributed by atoms with Crippen molar-refractivity contribution in [3.8, 4) is 22.3 Å². The fourth-order valence-corrected chi connectivity index (χ4v) is 5.33. The van der Waals surface area contributed by atoms with Crippen LogP contribution in [0.1, 0.15) is 29.3 Å². The number of amides is 1. The number of aryl methyl sites for hydroxylation is 1. The monoisotopic (exact) mass is 443 g/mol. The number of fused-ring (bicyclic) bond motifs is 2. The number of thioether (sulfide) groups is 1. The topological polar surface area (TPSA) is 86.5 Å². The number of rotatable bonds is 6. The third-order valence-corrected chi connectivity index (χ3v) is 7.24. The summed E-state index contributed by atoms with van der Waals surface area (Å²) in [6.07, 6.45) is 3.48. The normalized spacial score (nSPS) is 17.0. The van der Waals surface area contributed by atoms with Gasteiger partial charge in [0.2, 0.25) is 12.7 Å². The zero-order valence-electron chi connectivity index (χ0n) is 16.5. The maximum Gasteiger partial charge on any atom is 0.277 e. The Morgan fingerprint density at radius 1 is 1.27 bits per heavy atom. The summed E-state index contributed by atoms with van der Waals surface area (Å²) < 4.78 is 16.4. The summed E-state index contributed by atoms with van der Waals surface area (Å²) in [7, 11) is 0. The van der Waals surface area contributed by atoms with Crippen LogP contribution in [0.25, 0.3) is 10.8 Å². The minimum atomic E-state index is -0.0991. The number of hydrogen-bond donors (Lipinski definition) is 1. The number of carbonyl (C=O) groups is 1. The molecule has 0 radical (unpaired) electrons. The van der Waals surface area contributed by atoms with Crippen LogP contribution in [0.15, 0.2) is 33.9 Å². The van der Waals surface area contributed by atoms with Crippen molar-refractivity contribution in [3.63, 3.8) is 0 Å². The molecule has 2 aliphatic rings. The molecule has 7 nitrogen and oxygen atoms in total. The summed E-state index contributed by atoms with van der Waals surface area (Å²) in [5.74, 6) is 2.81.